The molecule has 1 atom stereocenters. The summed E-state index contributed by atoms with van der Waals surface area (Å²) in [6.07, 6.45) is 1.83. The number of nitrogens with zero attached hydrogens (tertiary/aromatic N) is 2. The fourth-order valence-corrected chi connectivity index (χ4v) is 2.59. The van der Waals surface area contributed by atoms with E-state index >= 15 is 0 Å². The van der Waals surface area contributed by atoms with Crippen molar-refractivity contribution in [1.82, 2.24) is 14.8 Å². The first kappa shape index (κ1) is 14.8. The Morgan fingerprint density at radius 2 is 2.10 bits per heavy atom. The summed E-state index contributed by atoms with van der Waals surface area (Å²) in [4.78, 5) is 36.5. The highest BCUT2D eigenvalue weighted by Gasteiger charge is 2.37. The molecule has 0 radical (unpaired) electrons. The van der Waals surface area contributed by atoms with Crippen molar-refractivity contribution in [3.63, 3.8) is 0 Å². The predicted molar refractivity (Wildman–Crippen MR) is 76.2 cm³/mol. The second kappa shape index (κ2) is 5.40. The number of amides is 3. The van der Waals surface area contributed by atoms with Gasteiger partial charge in [0.05, 0.1) is 6.42 Å². The zero-order chi connectivity index (χ0) is 15.0. The van der Waals surface area contributed by atoms with Crippen LogP contribution in [0.3, 0.4) is 0 Å². The Balaban J connectivity index is 2.17. The largest absolute Gasteiger partial charge is 0.340 e. The zero-order valence-corrected chi connectivity index (χ0v) is 13.1. The smallest absolute Gasteiger partial charge is 0.268 e. The van der Waals surface area contributed by atoms with Gasteiger partial charge in [0.1, 0.15) is 11.7 Å². The third kappa shape index (κ3) is 2.63. The van der Waals surface area contributed by atoms with Gasteiger partial charge in [-0.1, -0.05) is 0 Å². The molecule has 108 valence electrons. The van der Waals surface area contributed by atoms with Crippen LogP contribution in [0.25, 0.3) is 0 Å². The Labute approximate surface area is 125 Å². The van der Waals surface area contributed by atoms with Crippen LogP contribution in [0.5, 0.6) is 0 Å². The fraction of sp³-hybridized carbons (Fsp3) is 0.462. The third-order valence-electron chi connectivity index (χ3n) is 3.29. The van der Waals surface area contributed by atoms with Crippen LogP contribution in [0, 0.1) is 0 Å². The maximum absolute atomic E-state index is 12.3. The van der Waals surface area contributed by atoms with Gasteiger partial charge in [-0.15, -0.1) is 0 Å². The minimum Gasteiger partial charge on any atom is -0.340 e. The summed E-state index contributed by atoms with van der Waals surface area (Å²) < 4.78 is 2.60. The van der Waals surface area contributed by atoms with Crippen molar-refractivity contribution in [3.8, 4) is 0 Å². The van der Waals surface area contributed by atoms with Gasteiger partial charge in [0.2, 0.25) is 5.91 Å². The van der Waals surface area contributed by atoms with Gasteiger partial charge in [0.25, 0.3) is 11.8 Å². The molecule has 1 aliphatic heterocycles. The first-order valence-corrected chi connectivity index (χ1v) is 7.09. The molecule has 1 aliphatic rings. The monoisotopic (exact) mass is 341 g/mol. The lowest BCUT2D eigenvalue weighted by Crippen LogP contribution is -2.41. The number of carbonyl (C=O) groups is 3. The molecule has 7 heteroatoms. The molecular weight excluding hydrogens is 326 g/mol. The number of hydrogen-bond acceptors (Lipinski definition) is 3. The van der Waals surface area contributed by atoms with E-state index in [0.717, 1.165) is 9.37 Å². The Hall–Kier alpha value is -1.63. The number of likely N-dealkylation sites (tertiary alicyclic amines) is 1. The van der Waals surface area contributed by atoms with Crippen LogP contribution in [0.4, 0.5) is 0 Å². The summed E-state index contributed by atoms with van der Waals surface area (Å²) in [5.74, 6) is -1.00. The maximum atomic E-state index is 12.3. The van der Waals surface area contributed by atoms with Gasteiger partial charge in [-0.2, -0.15) is 0 Å². The third-order valence-corrected chi connectivity index (χ3v) is 3.72. The minimum atomic E-state index is -0.769. The molecular formula is C13H16BrN3O3. The lowest BCUT2D eigenvalue weighted by molar-refractivity contribution is -0.137. The van der Waals surface area contributed by atoms with Gasteiger partial charge >= 0.3 is 0 Å². The molecule has 1 aromatic heterocycles. The number of aromatic nitrogens is 1. The van der Waals surface area contributed by atoms with E-state index in [1.807, 2.05) is 24.6 Å². The number of imide groups is 1. The normalized spacial score (nSPS) is 19.1. The van der Waals surface area contributed by atoms with Gasteiger partial charge in [-0.05, 0) is 35.8 Å². The average molecular weight is 342 g/mol. The number of likely N-dealkylation sites (N-methyl/N-ethyl adjacent to an activating group) is 1. The number of carbonyl (C=O) groups excluding carboxylic acids is 3. The van der Waals surface area contributed by atoms with Crippen LogP contribution in [0.2, 0.25) is 0 Å². The quantitative estimate of drug-likeness (QED) is 0.842. The van der Waals surface area contributed by atoms with Crippen molar-refractivity contribution in [3.05, 3.63) is 22.4 Å². The molecule has 0 saturated carbocycles. The molecule has 20 heavy (non-hydrogen) atoms. The van der Waals surface area contributed by atoms with Crippen LogP contribution >= 0.6 is 15.9 Å². The first-order valence-electron chi connectivity index (χ1n) is 6.30. The van der Waals surface area contributed by atoms with E-state index in [1.165, 1.54) is 7.05 Å². The van der Waals surface area contributed by atoms with Crippen molar-refractivity contribution < 1.29 is 14.4 Å². The Kier molecular flexibility index (Phi) is 3.99. The van der Waals surface area contributed by atoms with Crippen LogP contribution in [0.15, 0.2) is 16.7 Å². The van der Waals surface area contributed by atoms with E-state index in [4.69, 9.17) is 0 Å². The van der Waals surface area contributed by atoms with E-state index in [0.29, 0.717) is 5.69 Å². The maximum Gasteiger partial charge on any atom is 0.268 e. The van der Waals surface area contributed by atoms with Crippen LogP contribution < -0.4 is 5.32 Å². The predicted octanol–water partition coefficient (Wildman–Crippen LogP) is 1.32. The molecule has 2 heterocycles. The lowest BCUT2D eigenvalue weighted by Gasteiger charge is -2.15. The molecule has 0 aromatic carbocycles. The van der Waals surface area contributed by atoms with Crippen LogP contribution in [0.1, 0.15) is 36.8 Å². The number of nitrogens with one attached hydrogen (secondary N) is 1. The SMILES string of the molecule is CC(C)n1cc(Br)cc1C(=O)NC1CC(=O)N(C)C1=O. The molecule has 1 saturated heterocycles. The summed E-state index contributed by atoms with van der Waals surface area (Å²) in [6, 6.07) is 1.04. The molecule has 2 rings (SSSR count). The van der Waals surface area contributed by atoms with Gasteiger partial charge in [-0.25, -0.2) is 0 Å². The van der Waals surface area contributed by atoms with Crippen molar-refractivity contribution >= 4 is 33.7 Å². The highest BCUT2D eigenvalue weighted by Crippen LogP contribution is 2.20. The molecule has 1 N–H and O–H groups in total. The summed E-state index contributed by atoms with van der Waals surface area (Å²) in [5.41, 5.74) is 0.460. The second-order valence-corrected chi connectivity index (χ2v) is 5.98. The second-order valence-electron chi connectivity index (χ2n) is 5.07. The van der Waals surface area contributed by atoms with Crippen LogP contribution in [-0.2, 0) is 9.59 Å². The molecule has 1 aromatic rings. The Morgan fingerprint density at radius 1 is 1.45 bits per heavy atom. The standard InChI is InChI=1S/C13H16BrN3O3/c1-7(2)17-6-8(14)4-10(17)12(19)15-9-5-11(18)16(3)13(9)20/h4,6-7,9H,5H2,1-3H3,(H,15,19). The number of hydrogen-bond donors (Lipinski definition) is 1. The molecule has 0 bridgehead atoms. The Bertz CT molecular complexity index is 579. The average Bonchev–Trinajstić information content (AvgIpc) is 2.87. The van der Waals surface area contributed by atoms with E-state index in [9.17, 15) is 14.4 Å². The fourth-order valence-electron chi connectivity index (χ4n) is 2.16. The molecule has 0 spiro atoms. The van der Waals surface area contributed by atoms with E-state index in [2.05, 4.69) is 21.2 Å². The van der Waals surface area contributed by atoms with Crippen molar-refractivity contribution in [2.75, 3.05) is 7.05 Å². The summed E-state index contributed by atoms with van der Waals surface area (Å²) in [7, 11) is 1.42. The van der Waals surface area contributed by atoms with Gasteiger partial charge in [0.15, 0.2) is 0 Å². The molecule has 1 fully saturated rings. The van der Waals surface area contributed by atoms with E-state index < -0.39 is 6.04 Å². The van der Waals surface area contributed by atoms with E-state index in [1.54, 1.807) is 6.07 Å². The number of halogens is 1. The van der Waals surface area contributed by atoms with E-state index in [-0.39, 0.29) is 30.2 Å². The summed E-state index contributed by atoms with van der Waals surface area (Å²) in [5, 5.41) is 2.62. The number of rotatable bonds is 3. The minimum absolute atomic E-state index is 0.0185. The first-order chi connectivity index (χ1) is 9.31. The molecule has 3 amide bonds. The molecule has 0 aliphatic carbocycles. The van der Waals surface area contributed by atoms with Gasteiger partial charge in [-0.3, -0.25) is 19.3 Å². The highest BCUT2D eigenvalue weighted by atomic mass is 79.9. The van der Waals surface area contributed by atoms with Crippen molar-refractivity contribution in [2.24, 2.45) is 0 Å². The molecule has 6 nitrogen and oxygen atoms in total. The van der Waals surface area contributed by atoms with Crippen molar-refractivity contribution in [1.29, 1.82) is 0 Å². The molecule has 1 unspecified atom stereocenters. The summed E-state index contributed by atoms with van der Waals surface area (Å²) in [6.45, 7) is 3.92. The lowest BCUT2D eigenvalue weighted by atomic mass is 10.2. The Morgan fingerprint density at radius 3 is 2.60 bits per heavy atom. The zero-order valence-electron chi connectivity index (χ0n) is 11.5. The topological polar surface area (TPSA) is 71.4 Å². The van der Waals surface area contributed by atoms with Gasteiger partial charge in [0, 0.05) is 23.8 Å². The summed E-state index contributed by atoms with van der Waals surface area (Å²) >= 11 is 3.33. The van der Waals surface area contributed by atoms with Crippen LogP contribution in [-0.4, -0.2) is 40.3 Å². The van der Waals surface area contributed by atoms with Crippen molar-refractivity contribution in [2.45, 2.75) is 32.4 Å². The highest BCUT2D eigenvalue weighted by molar-refractivity contribution is 9.10. The van der Waals surface area contributed by atoms with Gasteiger partial charge < -0.3 is 9.88 Å².